The molecule has 1 aliphatic heterocycles. The van der Waals surface area contributed by atoms with Crippen molar-refractivity contribution in [3.8, 4) is 6.19 Å². The lowest BCUT2D eigenvalue weighted by molar-refractivity contribution is -0.128. The van der Waals surface area contributed by atoms with E-state index in [0.717, 1.165) is 32.2 Å². The summed E-state index contributed by atoms with van der Waals surface area (Å²) in [5.41, 5.74) is -0.408. The highest BCUT2D eigenvalue weighted by molar-refractivity contribution is 4.96. The molecule has 3 nitrogen and oxygen atoms in total. The van der Waals surface area contributed by atoms with Crippen molar-refractivity contribution in [2.24, 2.45) is 0 Å². The summed E-state index contributed by atoms with van der Waals surface area (Å²) in [4.78, 5) is 1.73. The minimum atomic E-state index is -0.408. The maximum absolute atomic E-state index is 8.95. The van der Waals surface area contributed by atoms with Crippen molar-refractivity contribution in [2.75, 3.05) is 13.7 Å². The minimum Gasteiger partial charge on any atom is -0.358 e. The molecule has 1 heterocycles. The molecule has 1 rings (SSSR count). The summed E-state index contributed by atoms with van der Waals surface area (Å²) < 4.78 is 5.45. The molecule has 0 aromatic rings. The van der Waals surface area contributed by atoms with Crippen molar-refractivity contribution < 1.29 is 4.74 Å². The number of methoxy groups -OCH3 is 1. The van der Waals surface area contributed by atoms with Gasteiger partial charge in [0.2, 0.25) is 0 Å². The summed E-state index contributed by atoms with van der Waals surface area (Å²) in [6, 6.07) is 0. The Morgan fingerprint density at radius 3 is 3.00 bits per heavy atom. The van der Waals surface area contributed by atoms with E-state index in [1.807, 2.05) is 6.08 Å². The molecule has 0 N–H and O–H groups in total. The maximum atomic E-state index is 8.95. The van der Waals surface area contributed by atoms with Gasteiger partial charge in [-0.3, -0.25) is 4.90 Å². The summed E-state index contributed by atoms with van der Waals surface area (Å²) in [6.07, 6.45) is 7.85. The molecule has 0 radical (unpaired) electrons. The molecule has 1 unspecified atom stereocenters. The van der Waals surface area contributed by atoms with E-state index in [4.69, 9.17) is 10.00 Å². The van der Waals surface area contributed by atoms with Crippen LogP contribution in [0.15, 0.2) is 12.7 Å². The van der Waals surface area contributed by atoms with Gasteiger partial charge in [-0.2, -0.15) is 5.26 Å². The standard InChI is InChI=1S/C10H16N2O/c1-3-6-10(13-2)7-4-5-8-12(10)9-11/h3H,1,4-8H2,2H3. The molecule has 1 aliphatic rings. The zero-order valence-corrected chi connectivity index (χ0v) is 8.12. The molecule has 3 heteroatoms. The summed E-state index contributed by atoms with van der Waals surface area (Å²) in [5, 5.41) is 8.95. The second kappa shape index (κ2) is 4.29. The Bertz CT molecular complexity index is 221. The second-order valence-electron chi connectivity index (χ2n) is 3.35. The van der Waals surface area contributed by atoms with Crippen LogP contribution in [0.1, 0.15) is 25.7 Å². The fourth-order valence-corrected chi connectivity index (χ4v) is 1.88. The number of hydrogen-bond acceptors (Lipinski definition) is 3. The average molecular weight is 180 g/mol. The van der Waals surface area contributed by atoms with Crippen LogP contribution in [0.25, 0.3) is 0 Å². The second-order valence-corrected chi connectivity index (χ2v) is 3.35. The lowest BCUT2D eigenvalue weighted by atomic mass is 9.95. The first-order valence-electron chi connectivity index (χ1n) is 4.62. The minimum absolute atomic E-state index is 0.408. The van der Waals surface area contributed by atoms with Gasteiger partial charge in [0.05, 0.1) is 0 Å². The van der Waals surface area contributed by atoms with Crippen LogP contribution in [-0.2, 0) is 4.74 Å². The van der Waals surface area contributed by atoms with E-state index >= 15 is 0 Å². The van der Waals surface area contributed by atoms with Crippen LogP contribution in [-0.4, -0.2) is 24.3 Å². The van der Waals surface area contributed by atoms with Crippen molar-refractivity contribution in [3.05, 3.63) is 12.7 Å². The molecule has 1 fully saturated rings. The number of piperidine rings is 1. The Morgan fingerprint density at radius 2 is 2.46 bits per heavy atom. The molecular formula is C10H16N2O. The van der Waals surface area contributed by atoms with E-state index in [1.54, 1.807) is 12.0 Å². The van der Waals surface area contributed by atoms with E-state index in [0.29, 0.717) is 0 Å². The van der Waals surface area contributed by atoms with Gasteiger partial charge in [-0.05, 0) is 19.3 Å². The zero-order valence-electron chi connectivity index (χ0n) is 8.12. The topological polar surface area (TPSA) is 36.3 Å². The van der Waals surface area contributed by atoms with Crippen LogP contribution in [0.4, 0.5) is 0 Å². The smallest absolute Gasteiger partial charge is 0.181 e. The third kappa shape index (κ3) is 1.84. The summed E-state index contributed by atoms with van der Waals surface area (Å²) in [5.74, 6) is 0. The lowest BCUT2D eigenvalue weighted by Gasteiger charge is -2.42. The van der Waals surface area contributed by atoms with Gasteiger partial charge in [-0.1, -0.05) is 6.08 Å². The number of hydrogen-bond donors (Lipinski definition) is 0. The first kappa shape index (κ1) is 10.1. The van der Waals surface area contributed by atoms with E-state index < -0.39 is 5.72 Å². The SMILES string of the molecule is C=CCC1(OC)CCCCN1C#N. The predicted octanol–water partition coefficient (Wildman–Crippen LogP) is 1.87. The summed E-state index contributed by atoms with van der Waals surface area (Å²) in [6.45, 7) is 4.50. The third-order valence-electron chi connectivity index (χ3n) is 2.66. The van der Waals surface area contributed by atoms with Gasteiger partial charge in [-0.15, -0.1) is 6.58 Å². The lowest BCUT2D eigenvalue weighted by Crippen LogP contribution is -2.50. The van der Waals surface area contributed by atoms with E-state index in [2.05, 4.69) is 12.8 Å². The van der Waals surface area contributed by atoms with E-state index in [-0.39, 0.29) is 0 Å². The maximum Gasteiger partial charge on any atom is 0.181 e. The normalized spacial score (nSPS) is 28.2. The number of nitriles is 1. The fourth-order valence-electron chi connectivity index (χ4n) is 1.88. The van der Waals surface area contributed by atoms with Gasteiger partial charge < -0.3 is 4.74 Å². The van der Waals surface area contributed by atoms with Crippen LogP contribution in [0.5, 0.6) is 0 Å². The molecule has 0 bridgehead atoms. The number of rotatable bonds is 3. The Morgan fingerprint density at radius 1 is 1.69 bits per heavy atom. The predicted molar refractivity (Wildman–Crippen MR) is 50.7 cm³/mol. The highest BCUT2D eigenvalue weighted by atomic mass is 16.5. The molecule has 13 heavy (non-hydrogen) atoms. The number of ether oxygens (including phenoxy) is 1. The van der Waals surface area contributed by atoms with Crippen LogP contribution in [0.2, 0.25) is 0 Å². The van der Waals surface area contributed by atoms with Crippen LogP contribution in [0.3, 0.4) is 0 Å². The monoisotopic (exact) mass is 180 g/mol. The fraction of sp³-hybridized carbons (Fsp3) is 0.700. The Balaban J connectivity index is 2.79. The molecule has 0 aromatic carbocycles. The van der Waals surface area contributed by atoms with Crippen LogP contribution < -0.4 is 0 Å². The van der Waals surface area contributed by atoms with Crippen LogP contribution in [0, 0.1) is 11.5 Å². The Kier molecular flexibility index (Phi) is 3.32. The van der Waals surface area contributed by atoms with E-state index in [9.17, 15) is 0 Å². The van der Waals surface area contributed by atoms with Crippen molar-refractivity contribution in [2.45, 2.75) is 31.4 Å². The molecule has 1 atom stereocenters. The molecule has 72 valence electrons. The molecule has 0 saturated carbocycles. The van der Waals surface area contributed by atoms with E-state index in [1.165, 1.54) is 0 Å². The number of likely N-dealkylation sites (tertiary alicyclic amines) is 1. The molecular weight excluding hydrogens is 164 g/mol. The highest BCUT2D eigenvalue weighted by Crippen LogP contribution is 2.31. The number of nitrogens with zero attached hydrogens (tertiary/aromatic N) is 2. The largest absolute Gasteiger partial charge is 0.358 e. The van der Waals surface area contributed by atoms with Gasteiger partial charge in [0.1, 0.15) is 0 Å². The van der Waals surface area contributed by atoms with Gasteiger partial charge >= 0.3 is 0 Å². The first-order chi connectivity index (χ1) is 6.29. The zero-order chi connectivity index (χ0) is 9.73. The molecule has 0 aromatic heterocycles. The third-order valence-corrected chi connectivity index (χ3v) is 2.66. The van der Waals surface area contributed by atoms with Crippen molar-refractivity contribution in [3.63, 3.8) is 0 Å². The van der Waals surface area contributed by atoms with Gasteiger partial charge in [0.15, 0.2) is 11.9 Å². The van der Waals surface area contributed by atoms with Crippen LogP contribution >= 0.6 is 0 Å². The summed E-state index contributed by atoms with van der Waals surface area (Å²) in [7, 11) is 1.67. The average Bonchev–Trinajstić information content (AvgIpc) is 2.19. The van der Waals surface area contributed by atoms with Gasteiger partial charge in [-0.25, -0.2) is 0 Å². The van der Waals surface area contributed by atoms with Gasteiger partial charge in [0, 0.05) is 20.1 Å². The Hall–Kier alpha value is -1.01. The molecule has 0 aliphatic carbocycles. The Labute approximate surface area is 79.6 Å². The molecule has 0 amide bonds. The first-order valence-corrected chi connectivity index (χ1v) is 4.62. The van der Waals surface area contributed by atoms with Gasteiger partial charge in [0.25, 0.3) is 0 Å². The summed E-state index contributed by atoms with van der Waals surface area (Å²) >= 11 is 0. The molecule has 1 saturated heterocycles. The van der Waals surface area contributed by atoms with Crippen molar-refractivity contribution >= 4 is 0 Å². The highest BCUT2D eigenvalue weighted by Gasteiger charge is 2.37. The quantitative estimate of drug-likeness (QED) is 0.491. The van der Waals surface area contributed by atoms with Crippen molar-refractivity contribution in [1.82, 2.24) is 4.90 Å². The van der Waals surface area contributed by atoms with Crippen molar-refractivity contribution in [1.29, 1.82) is 5.26 Å². The molecule has 0 spiro atoms.